The molecular formula is C27H30N2O3. The van der Waals surface area contributed by atoms with Crippen LogP contribution in [0.25, 0.3) is 22.2 Å². The van der Waals surface area contributed by atoms with Gasteiger partial charge in [0.15, 0.2) is 11.5 Å². The summed E-state index contributed by atoms with van der Waals surface area (Å²) in [6.07, 6.45) is 2.95. The summed E-state index contributed by atoms with van der Waals surface area (Å²) in [5.74, 6) is 2.29. The molecule has 3 aromatic carbocycles. The van der Waals surface area contributed by atoms with Gasteiger partial charge < -0.3 is 24.9 Å². The van der Waals surface area contributed by atoms with E-state index in [9.17, 15) is 0 Å². The third kappa shape index (κ3) is 4.73. The van der Waals surface area contributed by atoms with Crippen LogP contribution in [0.15, 0.2) is 66.7 Å². The van der Waals surface area contributed by atoms with Gasteiger partial charge in [0.2, 0.25) is 0 Å². The van der Waals surface area contributed by atoms with Crippen LogP contribution in [0.3, 0.4) is 0 Å². The Morgan fingerprint density at radius 3 is 2.41 bits per heavy atom. The molecule has 0 saturated heterocycles. The topological polar surface area (TPSA) is 69.5 Å². The fraction of sp³-hybridized carbons (Fsp3) is 0.259. The zero-order chi connectivity index (χ0) is 22.3. The zero-order valence-corrected chi connectivity index (χ0v) is 18.7. The third-order valence-electron chi connectivity index (χ3n) is 5.68. The van der Waals surface area contributed by atoms with Crippen molar-refractivity contribution in [2.75, 3.05) is 20.8 Å². The highest BCUT2D eigenvalue weighted by molar-refractivity contribution is 5.92. The van der Waals surface area contributed by atoms with E-state index in [2.05, 4.69) is 35.3 Å². The molecule has 0 unspecified atom stereocenters. The first kappa shape index (κ1) is 21.8. The summed E-state index contributed by atoms with van der Waals surface area (Å²) in [5, 5.41) is 1.18. The highest BCUT2D eigenvalue weighted by Crippen LogP contribution is 2.37. The van der Waals surface area contributed by atoms with Crippen LogP contribution in [0.1, 0.15) is 24.0 Å². The standard InChI is InChI=1S/C27H30N2O3/c1-30-25-14-11-20(16-26(25)31-2)27-22(10-6-7-15-28)23-17-21(12-13-24(23)29-27)32-18-19-8-4-3-5-9-19/h3-5,8-9,11-14,16-17,29H,6-7,10,15,18,28H2,1-2H3. The van der Waals surface area contributed by atoms with E-state index in [1.807, 2.05) is 36.4 Å². The van der Waals surface area contributed by atoms with Gasteiger partial charge in [0.25, 0.3) is 0 Å². The molecule has 32 heavy (non-hydrogen) atoms. The Labute approximate surface area is 189 Å². The Bertz CT molecular complexity index is 1170. The lowest BCUT2D eigenvalue weighted by molar-refractivity contribution is 0.306. The fourth-order valence-corrected chi connectivity index (χ4v) is 4.00. The largest absolute Gasteiger partial charge is 0.493 e. The molecule has 166 valence electrons. The number of aromatic amines is 1. The number of rotatable bonds is 10. The van der Waals surface area contributed by atoms with E-state index in [-0.39, 0.29) is 0 Å². The molecule has 0 spiro atoms. The van der Waals surface area contributed by atoms with Crippen molar-refractivity contribution >= 4 is 10.9 Å². The maximum absolute atomic E-state index is 6.09. The van der Waals surface area contributed by atoms with E-state index in [0.29, 0.717) is 24.7 Å². The second kappa shape index (κ2) is 10.2. The first-order chi connectivity index (χ1) is 15.7. The number of nitrogens with two attached hydrogens (primary N) is 1. The zero-order valence-electron chi connectivity index (χ0n) is 18.7. The number of unbranched alkanes of at least 4 members (excludes halogenated alkanes) is 1. The molecule has 0 saturated carbocycles. The van der Waals surface area contributed by atoms with Gasteiger partial charge in [-0.3, -0.25) is 0 Å². The van der Waals surface area contributed by atoms with Crippen LogP contribution >= 0.6 is 0 Å². The van der Waals surface area contributed by atoms with E-state index in [1.165, 1.54) is 10.9 Å². The van der Waals surface area contributed by atoms with Crippen molar-refractivity contribution in [3.63, 3.8) is 0 Å². The van der Waals surface area contributed by atoms with E-state index in [4.69, 9.17) is 19.9 Å². The van der Waals surface area contributed by atoms with Crippen molar-refractivity contribution in [1.82, 2.24) is 4.98 Å². The van der Waals surface area contributed by atoms with Crippen LogP contribution in [0.2, 0.25) is 0 Å². The molecule has 0 amide bonds. The van der Waals surface area contributed by atoms with Gasteiger partial charge in [0, 0.05) is 22.2 Å². The van der Waals surface area contributed by atoms with Crippen molar-refractivity contribution in [2.24, 2.45) is 5.73 Å². The predicted molar refractivity (Wildman–Crippen MR) is 130 cm³/mol. The average Bonchev–Trinajstić information content (AvgIpc) is 3.21. The lowest BCUT2D eigenvalue weighted by Gasteiger charge is -2.11. The summed E-state index contributed by atoms with van der Waals surface area (Å²) in [7, 11) is 3.31. The van der Waals surface area contributed by atoms with Crippen LogP contribution in [0, 0.1) is 0 Å². The van der Waals surface area contributed by atoms with Gasteiger partial charge in [-0.2, -0.15) is 0 Å². The monoisotopic (exact) mass is 430 g/mol. The lowest BCUT2D eigenvalue weighted by Crippen LogP contribution is -1.99. The summed E-state index contributed by atoms with van der Waals surface area (Å²) >= 11 is 0. The van der Waals surface area contributed by atoms with Crippen LogP contribution in [0.4, 0.5) is 0 Å². The molecular weight excluding hydrogens is 400 g/mol. The molecule has 5 nitrogen and oxygen atoms in total. The van der Waals surface area contributed by atoms with Gasteiger partial charge in [0.1, 0.15) is 12.4 Å². The minimum absolute atomic E-state index is 0.543. The van der Waals surface area contributed by atoms with Gasteiger partial charge in [-0.1, -0.05) is 30.3 Å². The van der Waals surface area contributed by atoms with Crippen LogP contribution in [0.5, 0.6) is 17.2 Å². The number of H-pyrrole nitrogens is 1. The van der Waals surface area contributed by atoms with Gasteiger partial charge in [-0.25, -0.2) is 0 Å². The van der Waals surface area contributed by atoms with Crippen molar-refractivity contribution in [3.8, 4) is 28.5 Å². The number of ether oxygens (including phenoxy) is 3. The van der Waals surface area contributed by atoms with E-state index in [0.717, 1.165) is 47.3 Å². The summed E-state index contributed by atoms with van der Waals surface area (Å²) < 4.78 is 17.0. The summed E-state index contributed by atoms with van der Waals surface area (Å²) in [6.45, 7) is 1.24. The number of hydrogen-bond donors (Lipinski definition) is 2. The SMILES string of the molecule is COc1ccc(-c2[nH]c3ccc(OCc4ccccc4)cc3c2CCCCN)cc1OC. The molecule has 4 rings (SSSR count). The third-order valence-corrected chi connectivity index (χ3v) is 5.68. The molecule has 1 heterocycles. The number of aromatic nitrogens is 1. The Hall–Kier alpha value is -3.44. The van der Waals surface area contributed by atoms with Crippen molar-refractivity contribution < 1.29 is 14.2 Å². The molecule has 1 aromatic heterocycles. The summed E-state index contributed by atoms with van der Waals surface area (Å²) in [4.78, 5) is 3.61. The van der Waals surface area contributed by atoms with E-state index >= 15 is 0 Å². The lowest BCUT2D eigenvalue weighted by atomic mass is 10.00. The average molecular weight is 431 g/mol. The number of hydrogen-bond acceptors (Lipinski definition) is 4. The van der Waals surface area contributed by atoms with Gasteiger partial charge in [-0.05, 0) is 73.3 Å². The molecule has 0 radical (unpaired) electrons. The molecule has 0 aliphatic rings. The first-order valence-corrected chi connectivity index (χ1v) is 11.0. The minimum Gasteiger partial charge on any atom is -0.493 e. The minimum atomic E-state index is 0.543. The quantitative estimate of drug-likeness (QED) is 0.316. The van der Waals surface area contributed by atoms with Crippen molar-refractivity contribution in [1.29, 1.82) is 0 Å². The predicted octanol–water partition coefficient (Wildman–Crippen LogP) is 5.71. The highest BCUT2D eigenvalue weighted by atomic mass is 16.5. The second-order valence-electron chi connectivity index (χ2n) is 7.78. The van der Waals surface area contributed by atoms with Crippen LogP contribution in [-0.2, 0) is 13.0 Å². The molecule has 0 bridgehead atoms. The highest BCUT2D eigenvalue weighted by Gasteiger charge is 2.16. The second-order valence-corrected chi connectivity index (χ2v) is 7.78. The Balaban J connectivity index is 1.71. The number of nitrogens with one attached hydrogen (secondary N) is 1. The van der Waals surface area contributed by atoms with Gasteiger partial charge >= 0.3 is 0 Å². The smallest absolute Gasteiger partial charge is 0.161 e. The van der Waals surface area contributed by atoms with Gasteiger partial charge in [0.05, 0.1) is 14.2 Å². The molecule has 5 heteroatoms. The van der Waals surface area contributed by atoms with Crippen LogP contribution in [-0.4, -0.2) is 25.7 Å². The number of methoxy groups -OCH3 is 2. The molecule has 0 atom stereocenters. The molecule has 0 aliphatic heterocycles. The van der Waals surface area contributed by atoms with Gasteiger partial charge in [-0.15, -0.1) is 0 Å². The van der Waals surface area contributed by atoms with Crippen LogP contribution < -0.4 is 19.9 Å². The van der Waals surface area contributed by atoms with E-state index in [1.54, 1.807) is 14.2 Å². The number of benzene rings is 3. The Morgan fingerprint density at radius 2 is 1.66 bits per heavy atom. The first-order valence-electron chi connectivity index (χ1n) is 11.0. The molecule has 4 aromatic rings. The van der Waals surface area contributed by atoms with Crippen molar-refractivity contribution in [3.05, 3.63) is 77.9 Å². The van der Waals surface area contributed by atoms with Crippen molar-refractivity contribution in [2.45, 2.75) is 25.9 Å². The Morgan fingerprint density at radius 1 is 0.844 bits per heavy atom. The Kier molecular flexibility index (Phi) is 6.97. The summed E-state index contributed by atoms with van der Waals surface area (Å²) in [6, 6.07) is 22.5. The van der Waals surface area contributed by atoms with E-state index < -0.39 is 0 Å². The fourth-order valence-electron chi connectivity index (χ4n) is 4.00. The molecule has 3 N–H and O–H groups in total. The number of fused-ring (bicyclic) bond motifs is 1. The summed E-state index contributed by atoms with van der Waals surface area (Å²) in [5.41, 5.74) is 11.4. The normalized spacial score (nSPS) is 11.0. The molecule has 0 aliphatic carbocycles. The number of aryl methyl sites for hydroxylation is 1. The molecule has 0 fully saturated rings. The maximum Gasteiger partial charge on any atom is 0.161 e. The maximum atomic E-state index is 6.09.